The van der Waals surface area contributed by atoms with Gasteiger partial charge in [-0.1, -0.05) is 0 Å². The molecule has 0 aliphatic heterocycles. The van der Waals surface area contributed by atoms with Crippen LogP contribution < -0.4 is 5.32 Å². The van der Waals surface area contributed by atoms with E-state index in [9.17, 15) is 21.6 Å². The maximum atomic E-state index is 11.6. The van der Waals surface area contributed by atoms with Crippen molar-refractivity contribution in [3.8, 4) is 0 Å². The Labute approximate surface area is 75.2 Å². The van der Waals surface area contributed by atoms with Gasteiger partial charge in [-0.25, -0.2) is 8.42 Å². The summed E-state index contributed by atoms with van der Waals surface area (Å²) in [5, 5.41) is 2.07. The minimum Gasteiger partial charge on any atom is -0.305 e. The summed E-state index contributed by atoms with van der Waals surface area (Å²) in [6.07, 6.45) is -3.31. The fourth-order valence-corrected chi connectivity index (χ4v) is 1.83. The Morgan fingerprint density at radius 1 is 1.38 bits per heavy atom. The van der Waals surface area contributed by atoms with E-state index in [1.165, 1.54) is 6.92 Å². The molecule has 1 N–H and O–H groups in total. The van der Waals surface area contributed by atoms with Crippen molar-refractivity contribution in [1.82, 2.24) is 5.32 Å². The summed E-state index contributed by atoms with van der Waals surface area (Å²) in [4.78, 5) is 0. The minimum absolute atomic E-state index is 0.289. The van der Waals surface area contributed by atoms with Crippen LogP contribution in [0.25, 0.3) is 0 Å². The molecule has 80 valence electrons. The van der Waals surface area contributed by atoms with Crippen molar-refractivity contribution in [2.45, 2.75) is 19.1 Å². The first-order valence-corrected chi connectivity index (χ1v) is 5.64. The number of sulfone groups is 1. The number of hydrogen-bond donors (Lipinski definition) is 1. The third kappa shape index (κ3) is 9.62. The molecule has 1 unspecified atom stereocenters. The van der Waals surface area contributed by atoms with Gasteiger partial charge in [0.15, 0.2) is 0 Å². The highest BCUT2D eigenvalue weighted by Crippen LogP contribution is 2.12. The summed E-state index contributed by atoms with van der Waals surface area (Å²) in [5.41, 5.74) is 0. The first-order valence-electron chi connectivity index (χ1n) is 3.58. The number of rotatable bonds is 4. The molecule has 0 spiro atoms. The Hall–Kier alpha value is -0.300. The Kier molecular flexibility index (Phi) is 4.18. The fourth-order valence-electron chi connectivity index (χ4n) is 0.803. The first-order chi connectivity index (χ1) is 5.60. The van der Waals surface area contributed by atoms with Crippen molar-refractivity contribution in [3.63, 3.8) is 0 Å². The normalized spacial score (nSPS) is 15.8. The fraction of sp³-hybridized carbons (Fsp3) is 1.00. The molecule has 0 rings (SSSR count). The molecule has 0 aromatic carbocycles. The average molecular weight is 219 g/mol. The Bertz CT molecular complexity index is 247. The second kappa shape index (κ2) is 4.28. The summed E-state index contributed by atoms with van der Waals surface area (Å²) in [7, 11) is -3.22. The van der Waals surface area contributed by atoms with Crippen LogP contribution in [0, 0.1) is 0 Å². The summed E-state index contributed by atoms with van der Waals surface area (Å²) in [6, 6.07) is -0.684. The van der Waals surface area contributed by atoms with Crippen molar-refractivity contribution < 1.29 is 21.6 Å². The van der Waals surface area contributed by atoms with Gasteiger partial charge < -0.3 is 5.32 Å². The van der Waals surface area contributed by atoms with Crippen molar-refractivity contribution >= 4 is 9.84 Å². The molecule has 1 atom stereocenters. The molecule has 0 fully saturated rings. The van der Waals surface area contributed by atoms with E-state index < -0.39 is 28.6 Å². The smallest absolute Gasteiger partial charge is 0.305 e. The molecule has 0 heterocycles. The molecule has 0 saturated carbocycles. The molecule has 0 aromatic heterocycles. The van der Waals surface area contributed by atoms with Crippen LogP contribution in [0.5, 0.6) is 0 Å². The molecule has 13 heavy (non-hydrogen) atoms. The van der Waals surface area contributed by atoms with Crippen LogP contribution in [0.3, 0.4) is 0 Å². The van der Waals surface area contributed by atoms with E-state index >= 15 is 0 Å². The Morgan fingerprint density at radius 2 is 1.85 bits per heavy atom. The summed E-state index contributed by atoms with van der Waals surface area (Å²) < 4.78 is 56.2. The van der Waals surface area contributed by atoms with E-state index in [1.54, 1.807) is 0 Å². The number of nitrogens with one attached hydrogen (secondary N) is 1. The zero-order valence-electron chi connectivity index (χ0n) is 7.35. The van der Waals surface area contributed by atoms with Crippen LogP contribution in [0.2, 0.25) is 0 Å². The molecule has 0 amide bonds. The predicted octanol–water partition coefficient (Wildman–Crippen LogP) is 0.571. The van der Waals surface area contributed by atoms with Crippen LogP contribution in [0.1, 0.15) is 6.92 Å². The lowest BCUT2D eigenvalue weighted by Gasteiger charge is -2.13. The summed E-state index contributed by atoms with van der Waals surface area (Å²) in [5.74, 6) is -0.289. The van der Waals surface area contributed by atoms with E-state index in [4.69, 9.17) is 0 Å². The first kappa shape index (κ1) is 12.7. The Balaban J connectivity index is 3.84. The molecule has 0 bridgehead atoms. The highest BCUT2D eigenvalue weighted by molar-refractivity contribution is 7.90. The zero-order valence-corrected chi connectivity index (χ0v) is 8.17. The maximum Gasteiger partial charge on any atom is 0.401 e. The molecular weight excluding hydrogens is 207 g/mol. The average Bonchev–Trinajstić information content (AvgIpc) is 1.78. The largest absolute Gasteiger partial charge is 0.401 e. The van der Waals surface area contributed by atoms with Gasteiger partial charge in [-0.05, 0) is 6.92 Å². The predicted molar refractivity (Wildman–Crippen MR) is 43.2 cm³/mol. The lowest BCUT2D eigenvalue weighted by atomic mass is 10.4. The zero-order chi connectivity index (χ0) is 10.7. The van der Waals surface area contributed by atoms with Crippen molar-refractivity contribution in [2.75, 3.05) is 18.6 Å². The second-order valence-electron chi connectivity index (χ2n) is 2.99. The van der Waals surface area contributed by atoms with Gasteiger partial charge >= 0.3 is 6.18 Å². The molecule has 0 saturated heterocycles. The highest BCUT2D eigenvalue weighted by Gasteiger charge is 2.27. The molecule has 0 aromatic rings. The maximum absolute atomic E-state index is 11.6. The van der Waals surface area contributed by atoms with Gasteiger partial charge in [0.05, 0.1) is 12.3 Å². The topological polar surface area (TPSA) is 46.2 Å². The van der Waals surface area contributed by atoms with Crippen LogP contribution in [0.4, 0.5) is 13.2 Å². The van der Waals surface area contributed by atoms with E-state index in [0.29, 0.717) is 0 Å². The molecule has 0 radical (unpaired) electrons. The van der Waals surface area contributed by atoms with Gasteiger partial charge in [0.25, 0.3) is 0 Å². The standard InChI is InChI=1S/C6H12F3NO2S/c1-5(3-13(2,11)12)10-4-6(7,8)9/h5,10H,3-4H2,1-2H3. The van der Waals surface area contributed by atoms with Crippen molar-refractivity contribution in [2.24, 2.45) is 0 Å². The van der Waals surface area contributed by atoms with Gasteiger partial charge in [0.2, 0.25) is 0 Å². The van der Waals surface area contributed by atoms with E-state index in [0.717, 1.165) is 6.26 Å². The lowest BCUT2D eigenvalue weighted by Crippen LogP contribution is -2.39. The summed E-state index contributed by atoms with van der Waals surface area (Å²) in [6.45, 7) is 0.233. The van der Waals surface area contributed by atoms with Crippen LogP contribution in [0.15, 0.2) is 0 Å². The third-order valence-electron chi connectivity index (χ3n) is 1.20. The van der Waals surface area contributed by atoms with Crippen molar-refractivity contribution in [1.29, 1.82) is 0 Å². The molecule has 3 nitrogen and oxygen atoms in total. The van der Waals surface area contributed by atoms with E-state index in [-0.39, 0.29) is 5.75 Å². The number of hydrogen-bond acceptors (Lipinski definition) is 3. The lowest BCUT2D eigenvalue weighted by molar-refractivity contribution is -0.125. The van der Waals surface area contributed by atoms with Crippen molar-refractivity contribution in [3.05, 3.63) is 0 Å². The highest BCUT2D eigenvalue weighted by atomic mass is 32.2. The minimum atomic E-state index is -4.30. The number of halogens is 3. The molecule has 7 heteroatoms. The van der Waals surface area contributed by atoms with E-state index in [1.807, 2.05) is 0 Å². The number of alkyl halides is 3. The third-order valence-corrected chi connectivity index (χ3v) is 2.31. The molecular formula is C6H12F3NO2S. The van der Waals surface area contributed by atoms with Gasteiger partial charge in [-0.3, -0.25) is 0 Å². The summed E-state index contributed by atoms with van der Waals surface area (Å²) >= 11 is 0. The van der Waals surface area contributed by atoms with Gasteiger partial charge in [0, 0.05) is 12.3 Å². The van der Waals surface area contributed by atoms with Gasteiger partial charge in [-0.2, -0.15) is 13.2 Å². The van der Waals surface area contributed by atoms with Crippen LogP contribution in [-0.4, -0.2) is 39.2 Å². The monoisotopic (exact) mass is 219 g/mol. The molecule has 0 aliphatic rings. The van der Waals surface area contributed by atoms with Crippen LogP contribution in [-0.2, 0) is 9.84 Å². The Morgan fingerprint density at radius 3 is 2.15 bits per heavy atom. The van der Waals surface area contributed by atoms with Crippen LogP contribution >= 0.6 is 0 Å². The van der Waals surface area contributed by atoms with E-state index in [2.05, 4.69) is 5.32 Å². The quantitative estimate of drug-likeness (QED) is 0.752. The molecule has 0 aliphatic carbocycles. The second-order valence-corrected chi connectivity index (χ2v) is 5.17. The van der Waals surface area contributed by atoms with Gasteiger partial charge in [-0.15, -0.1) is 0 Å². The van der Waals surface area contributed by atoms with Gasteiger partial charge in [0.1, 0.15) is 9.84 Å². The SMILES string of the molecule is CC(CS(C)(=O)=O)NCC(F)(F)F.